The highest BCUT2D eigenvalue weighted by Gasteiger charge is 2.19. The Bertz CT molecular complexity index is 1000. The molecule has 0 aliphatic rings. The van der Waals surface area contributed by atoms with Crippen molar-refractivity contribution < 1.29 is 28.6 Å². The summed E-state index contributed by atoms with van der Waals surface area (Å²) in [5.74, 6) is -1.04. The Morgan fingerprint density at radius 1 is 0.412 bits per heavy atom. The number of rotatable bonds is 35. The molecule has 0 amide bonds. The predicted molar refractivity (Wildman–Crippen MR) is 214 cm³/mol. The lowest BCUT2D eigenvalue weighted by molar-refractivity contribution is -0.167. The molecule has 0 aliphatic heterocycles. The molecule has 0 spiro atoms. The molecule has 0 saturated carbocycles. The smallest absolute Gasteiger partial charge is 0.306 e. The van der Waals surface area contributed by atoms with Crippen LogP contribution < -0.4 is 0 Å². The molecule has 1 atom stereocenters. The first kappa shape index (κ1) is 47.8. The summed E-state index contributed by atoms with van der Waals surface area (Å²) in [6, 6.07) is 0. The lowest BCUT2D eigenvalue weighted by atomic mass is 10.1. The van der Waals surface area contributed by atoms with Crippen LogP contribution in [0.15, 0.2) is 72.9 Å². The lowest BCUT2D eigenvalue weighted by Gasteiger charge is -2.18. The Morgan fingerprint density at radius 3 is 1.31 bits per heavy atom. The summed E-state index contributed by atoms with van der Waals surface area (Å²) in [6.45, 7) is 6.25. The Hall–Kier alpha value is -3.15. The van der Waals surface area contributed by atoms with Crippen LogP contribution in [-0.2, 0) is 28.6 Å². The maximum absolute atomic E-state index is 12.6. The first-order valence-electron chi connectivity index (χ1n) is 20.4. The Kier molecular flexibility index (Phi) is 37.2. The molecule has 0 aromatic rings. The van der Waals surface area contributed by atoms with Gasteiger partial charge in [-0.15, -0.1) is 0 Å². The van der Waals surface area contributed by atoms with Gasteiger partial charge in [0.25, 0.3) is 0 Å². The summed E-state index contributed by atoms with van der Waals surface area (Å²) in [4.78, 5) is 37.5. The van der Waals surface area contributed by atoms with Gasteiger partial charge in [-0.3, -0.25) is 14.4 Å². The number of esters is 3. The van der Waals surface area contributed by atoms with E-state index in [1.807, 2.05) is 0 Å². The minimum Gasteiger partial charge on any atom is -0.462 e. The quantitative estimate of drug-likeness (QED) is 0.0282. The van der Waals surface area contributed by atoms with E-state index in [9.17, 15) is 14.4 Å². The summed E-state index contributed by atoms with van der Waals surface area (Å²) >= 11 is 0. The molecule has 0 bridgehead atoms. The highest BCUT2D eigenvalue weighted by Crippen LogP contribution is 2.11. The van der Waals surface area contributed by atoms with Crippen LogP contribution in [0.3, 0.4) is 0 Å². The molecule has 6 nitrogen and oxygen atoms in total. The molecular formula is C45H74O6. The molecule has 0 fully saturated rings. The van der Waals surface area contributed by atoms with Crippen LogP contribution in [0.4, 0.5) is 0 Å². The van der Waals surface area contributed by atoms with Crippen molar-refractivity contribution in [2.75, 3.05) is 13.2 Å². The zero-order valence-corrected chi connectivity index (χ0v) is 32.8. The van der Waals surface area contributed by atoms with Gasteiger partial charge in [-0.25, -0.2) is 0 Å². The van der Waals surface area contributed by atoms with Crippen molar-refractivity contribution in [1.82, 2.24) is 0 Å². The third-order valence-corrected chi connectivity index (χ3v) is 8.18. The van der Waals surface area contributed by atoms with Gasteiger partial charge in [0.15, 0.2) is 6.10 Å². The summed E-state index contributed by atoms with van der Waals surface area (Å²) in [5, 5.41) is 0. The fourth-order valence-electron chi connectivity index (χ4n) is 5.14. The van der Waals surface area contributed by atoms with E-state index < -0.39 is 6.10 Å². The van der Waals surface area contributed by atoms with Gasteiger partial charge in [0, 0.05) is 19.3 Å². The van der Waals surface area contributed by atoms with Crippen molar-refractivity contribution in [3.8, 4) is 0 Å². The Balaban J connectivity index is 4.51. The summed E-state index contributed by atoms with van der Waals surface area (Å²) in [7, 11) is 0. The van der Waals surface area contributed by atoms with Crippen LogP contribution >= 0.6 is 0 Å². The van der Waals surface area contributed by atoms with Gasteiger partial charge >= 0.3 is 17.9 Å². The molecule has 6 heteroatoms. The monoisotopic (exact) mass is 711 g/mol. The molecule has 1 unspecified atom stereocenters. The summed E-state index contributed by atoms with van der Waals surface area (Å²) in [5.41, 5.74) is 0. The van der Waals surface area contributed by atoms with Gasteiger partial charge in [-0.05, 0) is 96.3 Å². The summed E-state index contributed by atoms with van der Waals surface area (Å²) in [6.07, 6.45) is 47.7. The van der Waals surface area contributed by atoms with Gasteiger partial charge in [-0.1, -0.05) is 132 Å². The van der Waals surface area contributed by atoms with E-state index in [0.717, 1.165) is 89.9 Å². The molecule has 0 radical (unpaired) electrons. The SMILES string of the molecule is CC/C=C\C/C=C\C/C=C\CCCC(=O)OC(COC(=O)CCCC/C=C\C/C=C\CC)COC(=O)CCCCC/C=C\CCCCCCCC. The Labute approximate surface area is 312 Å². The zero-order chi connectivity index (χ0) is 37.3. The average Bonchev–Trinajstić information content (AvgIpc) is 3.12. The standard InChI is InChI=1S/C45H74O6/c1-4-7-10-13-16-19-21-22-24-26-29-32-35-38-44(47)50-41-42(40-49-43(46)37-34-31-28-25-18-15-12-9-6-3)51-45(48)39-36-33-30-27-23-20-17-14-11-8-5-2/h8-9,11-12,17-18,20,22,24-25,27,30,42H,4-7,10,13-16,19,21,23,26,28-29,31-41H2,1-3H3/b11-8-,12-9-,20-17-,24-22-,25-18-,30-27-. The maximum Gasteiger partial charge on any atom is 0.306 e. The average molecular weight is 711 g/mol. The zero-order valence-electron chi connectivity index (χ0n) is 32.8. The predicted octanol–water partition coefficient (Wildman–Crippen LogP) is 12.7. The highest BCUT2D eigenvalue weighted by atomic mass is 16.6. The minimum absolute atomic E-state index is 0.115. The van der Waals surface area contributed by atoms with Crippen LogP contribution in [0, 0.1) is 0 Å². The first-order valence-corrected chi connectivity index (χ1v) is 20.4. The molecule has 51 heavy (non-hydrogen) atoms. The van der Waals surface area contributed by atoms with Gasteiger partial charge in [0.1, 0.15) is 13.2 Å². The van der Waals surface area contributed by atoms with E-state index in [1.54, 1.807) is 0 Å². The Morgan fingerprint density at radius 2 is 0.784 bits per heavy atom. The van der Waals surface area contributed by atoms with Gasteiger partial charge in [0.05, 0.1) is 0 Å². The topological polar surface area (TPSA) is 78.9 Å². The van der Waals surface area contributed by atoms with E-state index >= 15 is 0 Å². The molecule has 290 valence electrons. The second-order valence-corrected chi connectivity index (χ2v) is 13.1. The van der Waals surface area contributed by atoms with Crippen molar-refractivity contribution in [2.24, 2.45) is 0 Å². The number of hydrogen-bond donors (Lipinski definition) is 0. The molecule has 0 aromatic heterocycles. The molecule has 0 N–H and O–H groups in total. The molecule has 0 aliphatic carbocycles. The van der Waals surface area contributed by atoms with E-state index in [2.05, 4.69) is 93.7 Å². The van der Waals surface area contributed by atoms with Crippen LogP contribution in [0.1, 0.15) is 175 Å². The van der Waals surface area contributed by atoms with Crippen LogP contribution in [0.5, 0.6) is 0 Å². The van der Waals surface area contributed by atoms with Crippen molar-refractivity contribution in [2.45, 2.75) is 181 Å². The number of allylic oxidation sites excluding steroid dienone is 12. The number of ether oxygens (including phenoxy) is 3. The molecule has 0 heterocycles. The normalized spacial score (nSPS) is 12.8. The number of hydrogen-bond acceptors (Lipinski definition) is 6. The van der Waals surface area contributed by atoms with Crippen molar-refractivity contribution >= 4 is 17.9 Å². The van der Waals surface area contributed by atoms with Crippen LogP contribution in [0.25, 0.3) is 0 Å². The molecule has 0 saturated heterocycles. The summed E-state index contributed by atoms with van der Waals surface area (Å²) < 4.78 is 16.5. The van der Waals surface area contributed by atoms with Crippen LogP contribution in [-0.4, -0.2) is 37.2 Å². The fraction of sp³-hybridized carbons (Fsp3) is 0.667. The van der Waals surface area contributed by atoms with Gasteiger partial charge in [-0.2, -0.15) is 0 Å². The minimum atomic E-state index is -0.816. The van der Waals surface area contributed by atoms with Crippen molar-refractivity contribution in [1.29, 1.82) is 0 Å². The van der Waals surface area contributed by atoms with Gasteiger partial charge in [0.2, 0.25) is 0 Å². The second-order valence-electron chi connectivity index (χ2n) is 13.1. The fourth-order valence-corrected chi connectivity index (χ4v) is 5.14. The van der Waals surface area contributed by atoms with Crippen LogP contribution in [0.2, 0.25) is 0 Å². The largest absolute Gasteiger partial charge is 0.462 e. The van der Waals surface area contributed by atoms with E-state index in [4.69, 9.17) is 14.2 Å². The second kappa shape index (κ2) is 39.6. The lowest BCUT2D eigenvalue weighted by Crippen LogP contribution is -2.30. The molecule has 0 rings (SSSR count). The third-order valence-electron chi connectivity index (χ3n) is 8.18. The number of carbonyl (C=O) groups is 3. The van der Waals surface area contributed by atoms with E-state index in [1.165, 1.54) is 38.5 Å². The molecule has 0 aromatic carbocycles. The van der Waals surface area contributed by atoms with Gasteiger partial charge < -0.3 is 14.2 Å². The van der Waals surface area contributed by atoms with E-state index in [-0.39, 0.29) is 37.5 Å². The van der Waals surface area contributed by atoms with Crippen molar-refractivity contribution in [3.05, 3.63) is 72.9 Å². The van der Waals surface area contributed by atoms with Crippen molar-refractivity contribution in [3.63, 3.8) is 0 Å². The maximum atomic E-state index is 12.6. The highest BCUT2D eigenvalue weighted by molar-refractivity contribution is 5.71. The third kappa shape index (κ3) is 37.9. The number of carbonyl (C=O) groups excluding carboxylic acids is 3. The van der Waals surface area contributed by atoms with E-state index in [0.29, 0.717) is 19.3 Å². The molecular weight excluding hydrogens is 636 g/mol. The number of unbranched alkanes of at least 4 members (excludes halogenated alkanes) is 12. The first-order chi connectivity index (χ1) is 25.0.